The van der Waals surface area contributed by atoms with Crippen molar-refractivity contribution in [2.75, 3.05) is 0 Å². The molecule has 0 radical (unpaired) electrons. The summed E-state index contributed by atoms with van der Waals surface area (Å²) >= 11 is 0. The molecule has 6 nitrogen and oxygen atoms in total. The van der Waals surface area contributed by atoms with E-state index in [1.165, 1.54) is 19.3 Å². The number of unbranched alkanes of at least 4 members (excludes halogenated alkanes) is 4. The van der Waals surface area contributed by atoms with Crippen LogP contribution >= 0.6 is 0 Å². The van der Waals surface area contributed by atoms with Crippen LogP contribution in [0, 0.1) is 0 Å². The van der Waals surface area contributed by atoms with Gasteiger partial charge in [-0.2, -0.15) is 0 Å². The normalized spacial score (nSPS) is 7.74. The molecule has 0 atom stereocenters. The molecule has 108 valence electrons. The van der Waals surface area contributed by atoms with Gasteiger partial charge >= 0.3 is 25.4 Å². The van der Waals surface area contributed by atoms with E-state index in [4.69, 9.17) is 24.9 Å². The zero-order chi connectivity index (χ0) is 15.0. The number of rotatable bonds is 6. The van der Waals surface area contributed by atoms with Gasteiger partial charge < -0.3 is 24.9 Å². The molecule has 1 N–H and O–H groups in total. The predicted molar refractivity (Wildman–Crippen MR) is 62.4 cm³/mol. The first-order valence-corrected chi connectivity index (χ1v) is 5.80. The fourth-order valence-electron chi connectivity index (χ4n) is 0.880. The average Bonchev–Trinajstić information content (AvgIpc) is 2.15. The summed E-state index contributed by atoms with van der Waals surface area (Å²) in [5.74, 6) is -2.84. The topological polar surface area (TPSA) is 118 Å². The van der Waals surface area contributed by atoms with Crippen molar-refractivity contribution in [1.82, 2.24) is 0 Å². The van der Waals surface area contributed by atoms with Crippen LogP contribution in [0.1, 0.15) is 59.3 Å². The van der Waals surface area contributed by atoms with Crippen molar-refractivity contribution < 1.29 is 49.2 Å². The van der Waals surface area contributed by atoms with Crippen LogP contribution in [0.2, 0.25) is 0 Å². The van der Waals surface area contributed by atoms with E-state index in [0.29, 0.717) is 6.42 Å². The van der Waals surface area contributed by atoms with Crippen molar-refractivity contribution in [3.8, 4) is 0 Å². The van der Waals surface area contributed by atoms with Crippen molar-refractivity contribution in [3.63, 3.8) is 0 Å². The molecule has 0 bridgehead atoms. The Balaban J connectivity index is -0.000000105. The minimum Gasteiger partial charge on any atom is -0.550 e. The van der Waals surface area contributed by atoms with E-state index in [9.17, 15) is 4.79 Å². The summed E-state index contributed by atoms with van der Waals surface area (Å²) in [5.41, 5.74) is 0. The maximum Gasteiger partial charge on any atom is 2.00 e. The molecule has 0 aliphatic rings. The number of carbonyl (C=O) groups is 3. The van der Waals surface area contributed by atoms with Gasteiger partial charge in [-0.25, -0.2) is 0 Å². The van der Waals surface area contributed by atoms with E-state index in [1.807, 2.05) is 0 Å². The molecular formula is C12H22O6Zn. The zero-order valence-corrected chi connectivity index (χ0v) is 14.9. The van der Waals surface area contributed by atoms with E-state index in [0.717, 1.165) is 26.7 Å². The predicted octanol–water partition coefficient (Wildman–Crippen LogP) is -0.0586. The molecule has 0 aromatic rings. The Bertz CT molecular complexity index is 210. The van der Waals surface area contributed by atoms with Crippen LogP contribution in [0.15, 0.2) is 0 Å². The standard InChI is InChI=1S/C8H16O2.2C2H4O2.Zn/c1-2-3-4-5-6-7-8(9)10;2*1-2(3)4;/h2-7H2,1H3,(H,9,10);2*1H3,(H,3,4);/q;;;+2/p-2. The van der Waals surface area contributed by atoms with Crippen molar-refractivity contribution in [1.29, 1.82) is 0 Å². The SMILES string of the molecule is CC(=O)[O-].CC(=O)[O-].CCCCCCCC(=O)O.[Zn+2]. The molecule has 0 rings (SSSR count). The van der Waals surface area contributed by atoms with Gasteiger partial charge in [0.15, 0.2) is 0 Å². The Morgan fingerprint density at radius 1 is 0.895 bits per heavy atom. The van der Waals surface area contributed by atoms with Crippen LogP contribution in [0.25, 0.3) is 0 Å². The first-order chi connectivity index (χ1) is 8.23. The maximum absolute atomic E-state index is 10.0. The fourth-order valence-corrected chi connectivity index (χ4v) is 0.880. The van der Waals surface area contributed by atoms with Crippen molar-refractivity contribution in [3.05, 3.63) is 0 Å². The van der Waals surface area contributed by atoms with Gasteiger partial charge in [0.25, 0.3) is 0 Å². The summed E-state index contributed by atoms with van der Waals surface area (Å²) in [7, 11) is 0. The summed E-state index contributed by atoms with van der Waals surface area (Å²) < 4.78 is 0. The minimum atomic E-state index is -1.08. The molecule has 0 heterocycles. The monoisotopic (exact) mass is 326 g/mol. The fraction of sp³-hybridized carbons (Fsp3) is 0.750. The molecule has 0 aliphatic carbocycles. The Labute approximate surface area is 127 Å². The van der Waals surface area contributed by atoms with Crippen LogP contribution in [0.3, 0.4) is 0 Å². The third-order valence-electron chi connectivity index (χ3n) is 1.49. The molecule has 0 aromatic carbocycles. The number of aliphatic carboxylic acids is 3. The van der Waals surface area contributed by atoms with Crippen LogP contribution < -0.4 is 10.2 Å². The summed E-state index contributed by atoms with van der Waals surface area (Å²) in [4.78, 5) is 27.8. The summed E-state index contributed by atoms with van der Waals surface area (Å²) in [6.45, 7) is 4.09. The second-order valence-electron chi connectivity index (χ2n) is 3.54. The van der Waals surface area contributed by atoms with Crippen LogP contribution in [0.5, 0.6) is 0 Å². The molecule has 0 aromatic heterocycles. The van der Waals surface area contributed by atoms with Gasteiger partial charge in [-0.1, -0.05) is 32.6 Å². The number of carbonyl (C=O) groups excluding carboxylic acids is 2. The number of carboxylic acid groups (broad SMARTS) is 3. The summed E-state index contributed by atoms with van der Waals surface area (Å²) in [6.07, 6.45) is 5.88. The first kappa shape index (κ1) is 26.6. The zero-order valence-electron chi connectivity index (χ0n) is 11.9. The van der Waals surface area contributed by atoms with Gasteiger partial charge in [-0.05, 0) is 20.3 Å². The van der Waals surface area contributed by atoms with Gasteiger partial charge in [0.05, 0.1) is 0 Å². The van der Waals surface area contributed by atoms with E-state index in [2.05, 4.69) is 6.92 Å². The van der Waals surface area contributed by atoms with Gasteiger partial charge in [-0.3, -0.25) is 4.79 Å². The van der Waals surface area contributed by atoms with E-state index < -0.39 is 17.9 Å². The van der Waals surface area contributed by atoms with Gasteiger partial charge in [0.2, 0.25) is 0 Å². The number of hydrogen-bond acceptors (Lipinski definition) is 5. The molecule has 0 fully saturated rings. The summed E-state index contributed by atoms with van der Waals surface area (Å²) in [6, 6.07) is 0. The summed E-state index contributed by atoms with van der Waals surface area (Å²) in [5, 5.41) is 26.0. The molecular weight excluding hydrogens is 306 g/mol. The van der Waals surface area contributed by atoms with Crippen molar-refractivity contribution in [2.24, 2.45) is 0 Å². The second-order valence-corrected chi connectivity index (χ2v) is 3.54. The Kier molecular flexibility index (Phi) is 31.1. The number of hydrogen-bond donors (Lipinski definition) is 1. The molecule has 19 heavy (non-hydrogen) atoms. The van der Waals surface area contributed by atoms with Crippen molar-refractivity contribution in [2.45, 2.75) is 59.3 Å². The van der Waals surface area contributed by atoms with Gasteiger partial charge in [0, 0.05) is 18.4 Å². The van der Waals surface area contributed by atoms with E-state index >= 15 is 0 Å². The van der Waals surface area contributed by atoms with E-state index in [1.54, 1.807) is 0 Å². The molecule has 0 saturated carbocycles. The quantitative estimate of drug-likeness (QED) is 0.539. The van der Waals surface area contributed by atoms with E-state index in [-0.39, 0.29) is 19.5 Å². The minimum absolute atomic E-state index is 0. The molecule has 0 amide bonds. The number of carboxylic acids is 3. The van der Waals surface area contributed by atoms with Gasteiger partial charge in [0.1, 0.15) is 0 Å². The molecule has 7 heteroatoms. The molecule has 0 unspecified atom stereocenters. The Morgan fingerprint density at radius 2 is 1.21 bits per heavy atom. The smallest absolute Gasteiger partial charge is 0.550 e. The molecule has 0 spiro atoms. The second kappa shape index (κ2) is 22.2. The van der Waals surface area contributed by atoms with Crippen LogP contribution in [-0.2, 0) is 33.9 Å². The third kappa shape index (κ3) is 106. The van der Waals surface area contributed by atoms with Crippen LogP contribution in [0.4, 0.5) is 0 Å². The molecule has 0 saturated heterocycles. The van der Waals surface area contributed by atoms with Gasteiger partial charge in [-0.15, -0.1) is 0 Å². The Morgan fingerprint density at radius 3 is 1.47 bits per heavy atom. The van der Waals surface area contributed by atoms with Crippen molar-refractivity contribution >= 4 is 17.9 Å². The largest absolute Gasteiger partial charge is 2.00 e. The van der Waals surface area contributed by atoms with Crippen LogP contribution in [-0.4, -0.2) is 23.0 Å². The molecule has 0 aliphatic heterocycles. The third-order valence-corrected chi connectivity index (χ3v) is 1.49. The maximum atomic E-state index is 10.0. The average molecular weight is 328 g/mol. The first-order valence-electron chi connectivity index (χ1n) is 5.80. The Hall–Kier alpha value is -0.967.